The third-order valence-corrected chi connectivity index (χ3v) is 3.79. The Hall–Kier alpha value is -1.71. The van der Waals surface area contributed by atoms with Gasteiger partial charge in [-0.2, -0.15) is 0 Å². The number of piperidine rings is 1. The first-order valence-corrected chi connectivity index (χ1v) is 7.41. The number of rotatable bonds is 5. The number of hydrogen-bond donors (Lipinski definition) is 1. The van der Waals surface area contributed by atoms with Gasteiger partial charge in [-0.15, -0.1) is 0 Å². The summed E-state index contributed by atoms with van der Waals surface area (Å²) < 4.78 is 5.76. The molecule has 0 spiro atoms. The predicted octanol–water partition coefficient (Wildman–Crippen LogP) is 3.55. The monoisotopic (exact) mass is 277 g/mol. The van der Waals surface area contributed by atoms with E-state index in [1.165, 1.54) is 6.42 Å². The molecule has 110 valence electrons. The van der Waals surface area contributed by atoms with E-state index in [1.807, 2.05) is 13.0 Å². The Bertz CT molecular complexity index is 473. The lowest BCUT2D eigenvalue weighted by Crippen LogP contribution is -2.37. The van der Waals surface area contributed by atoms with Gasteiger partial charge in [0.2, 0.25) is 0 Å². The second-order valence-electron chi connectivity index (χ2n) is 5.35. The Morgan fingerprint density at radius 1 is 1.45 bits per heavy atom. The highest BCUT2D eigenvalue weighted by atomic mass is 16.5. The van der Waals surface area contributed by atoms with Crippen molar-refractivity contribution in [2.45, 2.75) is 45.6 Å². The maximum atomic E-state index is 11.4. The van der Waals surface area contributed by atoms with Crippen LogP contribution in [0.25, 0.3) is 0 Å². The minimum atomic E-state index is -0.928. The summed E-state index contributed by atoms with van der Waals surface area (Å²) in [6.45, 7) is 5.72. The highest BCUT2D eigenvalue weighted by Crippen LogP contribution is 2.36. The van der Waals surface area contributed by atoms with Gasteiger partial charge in [0.1, 0.15) is 5.56 Å². The summed E-state index contributed by atoms with van der Waals surface area (Å²) in [5.74, 6) is -0.404. The summed E-state index contributed by atoms with van der Waals surface area (Å²) >= 11 is 0. The average molecular weight is 277 g/mol. The molecule has 0 saturated carbocycles. The van der Waals surface area contributed by atoms with Gasteiger partial charge in [-0.05, 0) is 44.7 Å². The van der Waals surface area contributed by atoms with Gasteiger partial charge in [-0.3, -0.25) is 0 Å². The zero-order chi connectivity index (χ0) is 14.5. The Balaban J connectivity index is 2.39. The van der Waals surface area contributed by atoms with Gasteiger partial charge < -0.3 is 14.7 Å². The number of para-hydroxylation sites is 1. The molecular weight excluding hydrogens is 254 g/mol. The molecule has 1 N–H and O–H groups in total. The normalized spacial score (nSPS) is 18.9. The number of benzene rings is 1. The topological polar surface area (TPSA) is 49.8 Å². The second kappa shape index (κ2) is 6.64. The van der Waals surface area contributed by atoms with Gasteiger partial charge in [0.25, 0.3) is 0 Å². The summed E-state index contributed by atoms with van der Waals surface area (Å²) in [5.41, 5.74) is 1.18. The summed E-state index contributed by atoms with van der Waals surface area (Å²) in [5, 5.41) is 9.36. The van der Waals surface area contributed by atoms with E-state index in [4.69, 9.17) is 4.74 Å². The molecule has 1 heterocycles. The van der Waals surface area contributed by atoms with Crippen molar-refractivity contribution in [3.05, 3.63) is 23.8 Å². The molecule has 0 radical (unpaired) electrons. The molecule has 1 aromatic carbocycles. The predicted molar refractivity (Wildman–Crippen MR) is 79.8 cm³/mol. The fourth-order valence-electron chi connectivity index (χ4n) is 2.73. The van der Waals surface area contributed by atoms with Crippen molar-refractivity contribution in [3.63, 3.8) is 0 Å². The average Bonchev–Trinajstić information content (AvgIpc) is 2.45. The molecule has 0 aliphatic carbocycles. The SMILES string of the molecule is CCCOc1c(C(=O)O)cccc1N1CCCCC1C. The summed E-state index contributed by atoms with van der Waals surface area (Å²) in [6, 6.07) is 5.82. The molecule has 1 aliphatic heterocycles. The Labute approximate surface area is 120 Å². The van der Waals surface area contributed by atoms with E-state index in [2.05, 4.69) is 11.8 Å². The third kappa shape index (κ3) is 3.06. The van der Waals surface area contributed by atoms with Crippen LogP contribution in [0.4, 0.5) is 5.69 Å². The zero-order valence-corrected chi connectivity index (χ0v) is 12.3. The summed E-state index contributed by atoms with van der Waals surface area (Å²) in [6.07, 6.45) is 4.39. The number of carbonyl (C=O) groups is 1. The van der Waals surface area contributed by atoms with Crippen LogP contribution in [0.1, 0.15) is 49.9 Å². The lowest BCUT2D eigenvalue weighted by atomic mass is 10.0. The van der Waals surface area contributed by atoms with Gasteiger partial charge >= 0.3 is 5.97 Å². The lowest BCUT2D eigenvalue weighted by Gasteiger charge is -2.36. The van der Waals surface area contributed by atoms with Crippen LogP contribution in [-0.2, 0) is 0 Å². The smallest absolute Gasteiger partial charge is 0.339 e. The highest BCUT2D eigenvalue weighted by Gasteiger charge is 2.24. The van der Waals surface area contributed by atoms with Crippen molar-refractivity contribution in [2.75, 3.05) is 18.1 Å². The van der Waals surface area contributed by atoms with E-state index in [0.717, 1.165) is 31.5 Å². The number of ether oxygens (including phenoxy) is 1. The van der Waals surface area contributed by atoms with Crippen LogP contribution in [-0.4, -0.2) is 30.3 Å². The fraction of sp³-hybridized carbons (Fsp3) is 0.562. The molecule has 0 amide bonds. The molecule has 0 aromatic heterocycles. The number of hydrogen-bond acceptors (Lipinski definition) is 3. The van der Waals surface area contributed by atoms with Crippen molar-refractivity contribution in [1.29, 1.82) is 0 Å². The van der Waals surface area contributed by atoms with Gasteiger partial charge in [-0.25, -0.2) is 4.79 Å². The lowest BCUT2D eigenvalue weighted by molar-refractivity contribution is 0.0692. The van der Waals surface area contributed by atoms with Crippen molar-refractivity contribution in [1.82, 2.24) is 0 Å². The van der Waals surface area contributed by atoms with E-state index in [9.17, 15) is 9.90 Å². The Morgan fingerprint density at radius 2 is 2.25 bits per heavy atom. The molecule has 4 heteroatoms. The maximum absolute atomic E-state index is 11.4. The van der Waals surface area contributed by atoms with Crippen LogP contribution < -0.4 is 9.64 Å². The van der Waals surface area contributed by atoms with Crippen molar-refractivity contribution in [3.8, 4) is 5.75 Å². The highest BCUT2D eigenvalue weighted by molar-refractivity contribution is 5.93. The first kappa shape index (κ1) is 14.7. The van der Waals surface area contributed by atoms with E-state index in [0.29, 0.717) is 18.4 Å². The van der Waals surface area contributed by atoms with Crippen LogP contribution in [0.3, 0.4) is 0 Å². The van der Waals surface area contributed by atoms with E-state index in [1.54, 1.807) is 12.1 Å². The fourth-order valence-corrected chi connectivity index (χ4v) is 2.73. The molecule has 4 nitrogen and oxygen atoms in total. The van der Waals surface area contributed by atoms with E-state index >= 15 is 0 Å². The van der Waals surface area contributed by atoms with Gasteiger partial charge in [0.05, 0.1) is 12.3 Å². The Kier molecular flexibility index (Phi) is 4.88. The molecule has 1 atom stereocenters. The molecule has 1 saturated heterocycles. The first-order valence-electron chi connectivity index (χ1n) is 7.41. The van der Waals surface area contributed by atoms with Crippen LogP contribution in [0.15, 0.2) is 18.2 Å². The third-order valence-electron chi connectivity index (χ3n) is 3.79. The van der Waals surface area contributed by atoms with Crippen LogP contribution in [0, 0.1) is 0 Å². The molecule has 1 unspecified atom stereocenters. The van der Waals surface area contributed by atoms with E-state index in [-0.39, 0.29) is 5.56 Å². The van der Waals surface area contributed by atoms with E-state index < -0.39 is 5.97 Å². The summed E-state index contributed by atoms with van der Waals surface area (Å²) in [4.78, 5) is 13.7. The molecular formula is C16H23NO3. The molecule has 20 heavy (non-hydrogen) atoms. The van der Waals surface area contributed by atoms with Crippen LogP contribution in [0.2, 0.25) is 0 Å². The maximum Gasteiger partial charge on any atom is 0.339 e. The Morgan fingerprint density at radius 3 is 2.90 bits per heavy atom. The number of carboxylic acid groups (broad SMARTS) is 1. The van der Waals surface area contributed by atoms with Crippen molar-refractivity contribution < 1.29 is 14.6 Å². The number of nitrogens with zero attached hydrogens (tertiary/aromatic N) is 1. The first-order chi connectivity index (χ1) is 9.65. The van der Waals surface area contributed by atoms with Gasteiger partial charge in [-0.1, -0.05) is 13.0 Å². The summed E-state index contributed by atoms with van der Waals surface area (Å²) in [7, 11) is 0. The number of aromatic carboxylic acids is 1. The molecule has 1 aromatic rings. The van der Waals surface area contributed by atoms with Crippen LogP contribution >= 0.6 is 0 Å². The molecule has 0 bridgehead atoms. The largest absolute Gasteiger partial charge is 0.491 e. The van der Waals surface area contributed by atoms with Crippen LogP contribution in [0.5, 0.6) is 5.75 Å². The number of anilines is 1. The minimum absolute atomic E-state index is 0.258. The molecule has 1 aliphatic rings. The zero-order valence-electron chi connectivity index (χ0n) is 12.3. The standard InChI is InChI=1S/C16H23NO3/c1-3-11-20-15-13(16(18)19)8-6-9-14(15)17-10-5-4-7-12(17)2/h6,8-9,12H,3-5,7,10-11H2,1-2H3,(H,18,19). The quantitative estimate of drug-likeness (QED) is 0.894. The molecule has 2 rings (SSSR count). The van der Waals surface area contributed by atoms with Gasteiger partial charge in [0.15, 0.2) is 5.75 Å². The van der Waals surface area contributed by atoms with Crippen molar-refractivity contribution >= 4 is 11.7 Å². The van der Waals surface area contributed by atoms with Crippen molar-refractivity contribution in [2.24, 2.45) is 0 Å². The minimum Gasteiger partial charge on any atom is -0.491 e. The second-order valence-corrected chi connectivity index (χ2v) is 5.35. The molecule has 1 fully saturated rings. The van der Waals surface area contributed by atoms with Gasteiger partial charge in [0, 0.05) is 12.6 Å². The number of carboxylic acids is 1.